The molecule has 29 heavy (non-hydrogen) atoms. The number of hydrogen-bond donors (Lipinski definition) is 1. The molecule has 0 spiro atoms. The molecule has 2 aromatic rings. The Bertz CT molecular complexity index is 1010. The Labute approximate surface area is 173 Å². The summed E-state index contributed by atoms with van der Waals surface area (Å²) in [4.78, 5) is 12.7. The molecule has 0 unspecified atom stereocenters. The first-order valence-electron chi connectivity index (χ1n) is 9.42. The van der Waals surface area contributed by atoms with Crippen molar-refractivity contribution in [3.63, 3.8) is 0 Å². The van der Waals surface area contributed by atoms with Crippen molar-refractivity contribution in [2.75, 3.05) is 10.8 Å². The topological polar surface area (TPSA) is 78.8 Å². The highest BCUT2D eigenvalue weighted by Gasteiger charge is 2.28. The lowest BCUT2D eigenvalue weighted by molar-refractivity contribution is -0.119. The van der Waals surface area contributed by atoms with Crippen molar-refractivity contribution in [3.05, 3.63) is 59.7 Å². The number of aryl methyl sites for hydroxylation is 1. The van der Waals surface area contributed by atoms with E-state index in [1.54, 1.807) is 30.3 Å². The smallest absolute Gasteiger partial charge is 0.264 e. The second-order valence-electron chi connectivity index (χ2n) is 8.03. The first-order valence-corrected chi connectivity index (χ1v) is 10.9. The normalized spacial score (nSPS) is 12.6. The van der Waals surface area contributed by atoms with Crippen LogP contribution in [0.25, 0.3) is 0 Å². The van der Waals surface area contributed by atoms with E-state index in [0.29, 0.717) is 5.69 Å². The maximum Gasteiger partial charge on any atom is 0.264 e. The summed E-state index contributed by atoms with van der Waals surface area (Å²) in [5, 5.41) is 4.13. The zero-order valence-corrected chi connectivity index (χ0v) is 18.7. The molecule has 2 aromatic carbocycles. The summed E-state index contributed by atoms with van der Waals surface area (Å²) in [6.07, 6.45) is 0. The molecule has 0 saturated heterocycles. The van der Waals surface area contributed by atoms with Crippen molar-refractivity contribution in [2.45, 2.75) is 46.4 Å². The van der Waals surface area contributed by atoms with Gasteiger partial charge in [-0.05, 0) is 50.1 Å². The van der Waals surface area contributed by atoms with Crippen LogP contribution in [0.4, 0.5) is 5.69 Å². The summed E-state index contributed by atoms with van der Waals surface area (Å²) in [6.45, 7) is 11.2. The first-order chi connectivity index (χ1) is 13.4. The van der Waals surface area contributed by atoms with Crippen LogP contribution in [-0.4, -0.2) is 26.6 Å². The number of nitrogens with one attached hydrogen (secondary N) is 1. The Morgan fingerprint density at radius 2 is 1.66 bits per heavy atom. The van der Waals surface area contributed by atoms with E-state index >= 15 is 0 Å². The molecule has 2 rings (SSSR count). The van der Waals surface area contributed by atoms with Crippen LogP contribution in [-0.2, 0) is 14.8 Å². The minimum Gasteiger partial charge on any atom is -0.271 e. The molecule has 0 atom stereocenters. The van der Waals surface area contributed by atoms with Crippen molar-refractivity contribution in [2.24, 2.45) is 10.5 Å². The SMILES string of the molecule is C/C(=N/NC(=O)CN(c1cccc(C)c1C)S(=O)(=O)c1ccccc1)C(C)(C)C. The monoisotopic (exact) mass is 415 g/mol. The largest absolute Gasteiger partial charge is 0.271 e. The Balaban J connectivity index is 2.44. The first kappa shape index (κ1) is 22.6. The Morgan fingerprint density at radius 1 is 1.03 bits per heavy atom. The molecule has 0 bridgehead atoms. The summed E-state index contributed by atoms with van der Waals surface area (Å²) in [6, 6.07) is 13.5. The highest BCUT2D eigenvalue weighted by Crippen LogP contribution is 2.28. The number of anilines is 1. The van der Waals surface area contributed by atoms with Crippen LogP contribution >= 0.6 is 0 Å². The number of carbonyl (C=O) groups excluding carboxylic acids is 1. The summed E-state index contributed by atoms with van der Waals surface area (Å²) in [5.74, 6) is -0.506. The van der Waals surface area contributed by atoms with Crippen molar-refractivity contribution in [1.82, 2.24) is 5.43 Å². The second-order valence-corrected chi connectivity index (χ2v) is 9.89. The minimum atomic E-state index is -3.93. The molecular formula is C22H29N3O3S. The third kappa shape index (κ3) is 5.44. The fourth-order valence-corrected chi connectivity index (χ4v) is 4.00. The number of amides is 1. The fourth-order valence-electron chi connectivity index (χ4n) is 2.50. The minimum absolute atomic E-state index is 0.128. The van der Waals surface area contributed by atoms with E-state index in [1.165, 1.54) is 12.1 Å². The molecule has 0 saturated carbocycles. The maximum atomic E-state index is 13.3. The van der Waals surface area contributed by atoms with E-state index in [-0.39, 0.29) is 16.9 Å². The Morgan fingerprint density at radius 3 is 2.24 bits per heavy atom. The van der Waals surface area contributed by atoms with E-state index in [9.17, 15) is 13.2 Å². The fraction of sp³-hybridized carbons (Fsp3) is 0.364. The quantitative estimate of drug-likeness (QED) is 0.571. The van der Waals surface area contributed by atoms with Crippen LogP contribution in [0.1, 0.15) is 38.8 Å². The van der Waals surface area contributed by atoms with Gasteiger partial charge in [0.15, 0.2) is 0 Å². The number of rotatable bonds is 6. The van der Waals surface area contributed by atoms with Crippen molar-refractivity contribution in [3.8, 4) is 0 Å². The van der Waals surface area contributed by atoms with E-state index in [4.69, 9.17) is 0 Å². The number of hydrazone groups is 1. The molecule has 0 aliphatic carbocycles. The van der Waals surface area contributed by atoms with Gasteiger partial charge in [-0.2, -0.15) is 5.10 Å². The van der Waals surface area contributed by atoms with Gasteiger partial charge < -0.3 is 0 Å². The predicted octanol–water partition coefficient (Wildman–Crippen LogP) is 4.04. The highest BCUT2D eigenvalue weighted by atomic mass is 32.2. The Hall–Kier alpha value is -2.67. The summed E-state index contributed by atoms with van der Waals surface area (Å²) in [5.41, 5.74) is 5.25. The predicted molar refractivity (Wildman–Crippen MR) is 118 cm³/mol. The van der Waals surface area contributed by atoms with Crippen LogP contribution < -0.4 is 9.73 Å². The van der Waals surface area contributed by atoms with Gasteiger partial charge in [0.05, 0.1) is 10.6 Å². The molecule has 0 heterocycles. The molecule has 0 aliphatic heterocycles. The van der Waals surface area contributed by atoms with Crippen LogP contribution in [0.5, 0.6) is 0 Å². The molecule has 156 valence electrons. The van der Waals surface area contributed by atoms with Gasteiger partial charge in [-0.25, -0.2) is 13.8 Å². The molecule has 7 heteroatoms. The highest BCUT2D eigenvalue weighted by molar-refractivity contribution is 7.92. The number of nitrogens with zero attached hydrogens (tertiary/aromatic N) is 2. The molecule has 0 fully saturated rings. The molecular weight excluding hydrogens is 386 g/mol. The lowest BCUT2D eigenvalue weighted by atomic mass is 9.91. The van der Waals surface area contributed by atoms with E-state index in [0.717, 1.165) is 21.1 Å². The molecule has 6 nitrogen and oxygen atoms in total. The summed E-state index contributed by atoms with van der Waals surface area (Å²) in [7, 11) is -3.93. The van der Waals surface area contributed by atoms with Gasteiger partial charge in [-0.15, -0.1) is 0 Å². The van der Waals surface area contributed by atoms with Crippen LogP contribution in [0.2, 0.25) is 0 Å². The molecule has 1 N–H and O–H groups in total. The van der Waals surface area contributed by atoms with Crippen molar-refractivity contribution in [1.29, 1.82) is 0 Å². The van der Waals surface area contributed by atoms with Crippen molar-refractivity contribution < 1.29 is 13.2 Å². The van der Waals surface area contributed by atoms with Crippen LogP contribution in [0.15, 0.2) is 58.5 Å². The van der Waals surface area contributed by atoms with E-state index < -0.39 is 15.9 Å². The second kappa shape index (κ2) is 8.78. The zero-order valence-electron chi connectivity index (χ0n) is 17.9. The van der Waals surface area contributed by atoms with Gasteiger partial charge in [0.2, 0.25) is 0 Å². The van der Waals surface area contributed by atoms with Gasteiger partial charge >= 0.3 is 0 Å². The van der Waals surface area contributed by atoms with Crippen LogP contribution in [0, 0.1) is 19.3 Å². The van der Waals surface area contributed by atoms with Crippen molar-refractivity contribution >= 4 is 27.3 Å². The van der Waals surface area contributed by atoms with Gasteiger partial charge in [0, 0.05) is 11.1 Å². The molecule has 1 amide bonds. The van der Waals surface area contributed by atoms with E-state index in [1.807, 2.05) is 47.6 Å². The van der Waals surface area contributed by atoms with Gasteiger partial charge in [-0.3, -0.25) is 9.10 Å². The van der Waals surface area contributed by atoms with Crippen LogP contribution in [0.3, 0.4) is 0 Å². The summed E-state index contributed by atoms with van der Waals surface area (Å²) < 4.78 is 27.8. The number of benzene rings is 2. The Kier molecular flexibility index (Phi) is 6.85. The lowest BCUT2D eigenvalue weighted by Gasteiger charge is -2.26. The summed E-state index contributed by atoms with van der Waals surface area (Å²) >= 11 is 0. The maximum absolute atomic E-state index is 13.3. The lowest BCUT2D eigenvalue weighted by Crippen LogP contribution is -2.40. The molecule has 0 aromatic heterocycles. The number of carbonyl (C=O) groups is 1. The number of sulfonamides is 1. The zero-order chi connectivity index (χ0) is 21.8. The standard InChI is InChI=1S/C22H29N3O3S/c1-16-11-10-14-20(17(16)2)25(29(27,28)19-12-8-7-9-13-19)15-21(26)24-23-18(3)22(4,5)6/h7-14H,15H2,1-6H3,(H,24,26)/b23-18-. The third-order valence-corrected chi connectivity index (χ3v) is 6.67. The average Bonchev–Trinajstić information content (AvgIpc) is 2.66. The van der Waals surface area contributed by atoms with Gasteiger partial charge in [0.25, 0.3) is 15.9 Å². The third-order valence-electron chi connectivity index (χ3n) is 4.90. The van der Waals surface area contributed by atoms with E-state index in [2.05, 4.69) is 10.5 Å². The number of hydrogen-bond acceptors (Lipinski definition) is 4. The average molecular weight is 416 g/mol. The molecule has 0 aliphatic rings. The molecule has 0 radical (unpaired) electrons. The van der Waals surface area contributed by atoms with Gasteiger partial charge in [-0.1, -0.05) is 51.1 Å². The van der Waals surface area contributed by atoms with Gasteiger partial charge in [0.1, 0.15) is 6.54 Å².